The normalized spacial score (nSPS) is 11.4. The molecule has 0 aliphatic carbocycles. The van der Waals surface area contributed by atoms with E-state index in [4.69, 9.17) is 11.6 Å². The van der Waals surface area contributed by atoms with Crippen LogP contribution < -0.4 is 15.8 Å². The van der Waals surface area contributed by atoms with Crippen molar-refractivity contribution in [2.45, 2.75) is 33.9 Å². The van der Waals surface area contributed by atoms with E-state index in [1.807, 2.05) is 32.9 Å². The molecule has 0 saturated heterocycles. The number of aromatic nitrogens is 5. The first-order valence-electron chi connectivity index (χ1n) is 11.8. The summed E-state index contributed by atoms with van der Waals surface area (Å²) in [5, 5.41) is 7.85. The first kappa shape index (κ1) is 27.2. The third-order valence-corrected chi connectivity index (χ3v) is 6.86. The van der Waals surface area contributed by atoms with E-state index in [9.17, 15) is 14.4 Å². The fourth-order valence-electron chi connectivity index (χ4n) is 3.67. The Labute approximate surface area is 228 Å². The van der Waals surface area contributed by atoms with E-state index in [-0.39, 0.29) is 29.5 Å². The average molecular weight is 554 g/mol. The first-order valence-corrected chi connectivity index (χ1v) is 13.0. The van der Waals surface area contributed by atoms with E-state index in [0.717, 1.165) is 4.88 Å². The van der Waals surface area contributed by atoms with Crippen LogP contribution in [0.4, 0.5) is 11.6 Å². The second kappa shape index (κ2) is 10.9. The number of nitrogens with zero attached hydrogens (tertiary/aromatic N) is 6. The molecule has 198 valence electrons. The SMILES string of the molecule is CN(C)c1cc(-c2cc(NCc3ccc(Cl)s3)n(C(=O)C(C)(C)C)n2)cc(=O)n1CC(=O)c1cnccn1. The lowest BCUT2D eigenvalue weighted by atomic mass is 9.96. The van der Waals surface area contributed by atoms with Gasteiger partial charge in [0.25, 0.3) is 11.5 Å². The largest absolute Gasteiger partial charge is 0.365 e. The first-order chi connectivity index (χ1) is 17.9. The van der Waals surface area contributed by atoms with Gasteiger partial charge in [-0.25, -0.2) is 4.98 Å². The van der Waals surface area contributed by atoms with Crippen molar-refractivity contribution in [3.05, 3.63) is 74.2 Å². The Bertz CT molecular complexity index is 1530. The van der Waals surface area contributed by atoms with Gasteiger partial charge in [-0.3, -0.25) is 23.9 Å². The van der Waals surface area contributed by atoms with Crippen LogP contribution >= 0.6 is 22.9 Å². The third kappa shape index (κ3) is 6.00. The number of anilines is 2. The predicted molar refractivity (Wildman–Crippen MR) is 149 cm³/mol. The predicted octanol–water partition coefficient (Wildman–Crippen LogP) is 4.46. The number of pyridine rings is 1. The Kier molecular flexibility index (Phi) is 7.79. The quantitative estimate of drug-likeness (QED) is 0.318. The molecule has 0 saturated carbocycles. The van der Waals surface area contributed by atoms with Gasteiger partial charge in [0.1, 0.15) is 17.3 Å². The van der Waals surface area contributed by atoms with E-state index in [1.165, 1.54) is 45.2 Å². The van der Waals surface area contributed by atoms with Crippen LogP contribution in [0, 0.1) is 5.41 Å². The Balaban J connectivity index is 1.72. The lowest BCUT2D eigenvalue weighted by Crippen LogP contribution is -2.30. The van der Waals surface area contributed by atoms with Crippen LogP contribution in [0.25, 0.3) is 11.3 Å². The van der Waals surface area contributed by atoms with Crippen molar-refractivity contribution in [3.8, 4) is 11.3 Å². The summed E-state index contributed by atoms with van der Waals surface area (Å²) in [4.78, 5) is 49.9. The molecule has 4 rings (SSSR count). The van der Waals surface area contributed by atoms with Gasteiger partial charge in [0, 0.05) is 54.5 Å². The number of carbonyl (C=O) groups excluding carboxylic acids is 2. The third-order valence-electron chi connectivity index (χ3n) is 5.63. The molecule has 10 nitrogen and oxygen atoms in total. The van der Waals surface area contributed by atoms with Gasteiger partial charge in [0.2, 0.25) is 5.78 Å². The maximum atomic E-state index is 13.2. The van der Waals surface area contributed by atoms with Crippen molar-refractivity contribution >= 4 is 46.3 Å². The van der Waals surface area contributed by atoms with E-state index in [0.29, 0.717) is 33.8 Å². The maximum Gasteiger partial charge on any atom is 0.254 e. The molecule has 0 aliphatic rings. The minimum absolute atomic E-state index is 0.176. The summed E-state index contributed by atoms with van der Waals surface area (Å²) < 4.78 is 3.39. The molecular formula is C26H28ClN7O3S. The summed E-state index contributed by atoms with van der Waals surface area (Å²) in [6, 6.07) is 8.65. The zero-order valence-corrected chi connectivity index (χ0v) is 23.3. The summed E-state index contributed by atoms with van der Waals surface area (Å²) in [6.45, 7) is 5.71. The Morgan fingerprint density at radius 2 is 1.89 bits per heavy atom. The lowest BCUT2D eigenvalue weighted by Gasteiger charge is -2.19. The molecular weight excluding hydrogens is 526 g/mol. The van der Waals surface area contributed by atoms with E-state index < -0.39 is 5.41 Å². The van der Waals surface area contributed by atoms with Crippen LogP contribution in [0.2, 0.25) is 4.34 Å². The van der Waals surface area contributed by atoms with E-state index in [2.05, 4.69) is 20.4 Å². The van der Waals surface area contributed by atoms with Gasteiger partial charge in [-0.05, 0) is 18.2 Å². The van der Waals surface area contributed by atoms with E-state index in [1.54, 1.807) is 31.1 Å². The highest BCUT2D eigenvalue weighted by Crippen LogP contribution is 2.28. The fraction of sp³-hybridized carbons (Fsp3) is 0.308. The molecule has 0 aliphatic heterocycles. The summed E-state index contributed by atoms with van der Waals surface area (Å²) in [5.74, 6) is 0.463. The second-order valence-electron chi connectivity index (χ2n) is 9.88. The summed E-state index contributed by atoms with van der Waals surface area (Å²) in [5.41, 5.74) is 0.0648. The van der Waals surface area contributed by atoms with Crippen molar-refractivity contribution in [1.82, 2.24) is 24.3 Å². The molecule has 0 spiro atoms. The van der Waals surface area contributed by atoms with Crippen LogP contribution in [0.15, 0.2) is 53.7 Å². The molecule has 0 bridgehead atoms. The van der Waals surface area contributed by atoms with Crippen molar-refractivity contribution < 1.29 is 9.59 Å². The molecule has 0 atom stereocenters. The van der Waals surface area contributed by atoms with E-state index >= 15 is 0 Å². The van der Waals surface area contributed by atoms with Crippen molar-refractivity contribution in [3.63, 3.8) is 0 Å². The summed E-state index contributed by atoms with van der Waals surface area (Å²) in [6.07, 6.45) is 4.28. The van der Waals surface area contributed by atoms with Gasteiger partial charge in [0.15, 0.2) is 0 Å². The number of ketones is 1. The molecule has 12 heteroatoms. The molecule has 0 amide bonds. The Hall–Kier alpha value is -3.83. The molecule has 4 heterocycles. The standard InChI is InChI=1S/C26H28ClN7O3S/c1-26(2,3)25(37)34-22(30-13-17-6-7-21(27)38-17)12-18(31-34)16-10-23(32(4)5)33(24(36)11-16)15-20(35)19-14-28-8-9-29-19/h6-12,14,30H,13,15H2,1-5H3. The summed E-state index contributed by atoms with van der Waals surface area (Å²) in [7, 11) is 3.56. The molecule has 0 radical (unpaired) electrons. The molecule has 0 fully saturated rings. The van der Waals surface area contributed by atoms with Crippen LogP contribution in [-0.2, 0) is 13.1 Å². The molecule has 0 unspecified atom stereocenters. The number of hydrogen-bond acceptors (Lipinski definition) is 9. The zero-order chi connectivity index (χ0) is 27.6. The van der Waals surface area contributed by atoms with Crippen LogP contribution in [0.3, 0.4) is 0 Å². The van der Waals surface area contributed by atoms with Gasteiger partial charge >= 0.3 is 0 Å². The molecule has 38 heavy (non-hydrogen) atoms. The lowest BCUT2D eigenvalue weighted by molar-refractivity contribution is 0.0752. The van der Waals surface area contributed by atoms with Crippen LogP contribution in [0.5, 0.6) is 0 Å². The number of carbonyl (C=O) groups is 2. The van der Waals surface area contributed by atoms with Crippen LogP contribution in [0.1, 0.15) is 40.9 Å². The van der Waals surface area contributed by atoms with Crippen molar-refractivity contribution in [2.75, 3.05) is 24.3 Å². The van der Waals surface area contributed by atoms with Crippen LogP contribution in [-0.4, -0.2) is 50.1 Å². The highest BCUT2D eigenvalue weighted by Gasteiger charge is 2.27. The summed E-state index contributed by atoms with van der Waals surface area (Å²) >= 11 is 7.50. The minimum Gasteiger partial charge on any atom is -0.365 e. The van der Waals surface area contributed by atoms with Gasteiger partial charge < -0.3 is 10.2 Å². The van der Waals surface area contributed by atoms with Gasteiger partial charge in [-0.2, -0.15) is 9.78 Å². The van der Waals surface area contributed by atoms with Crippen molar-refractivity contribution in [1.29, 1.82) is 0 Å². The monoisotopic (exact) mass is 553 g/mol. The fourth-order valence-corrected chi connectivity index (χ4v) is 4.70. The van der Waals surface area contributed by atoms with Gasteiger partial charge in [0.05, 0.1) is 29.3 Å². The molecule has 1 N–H and O–H groups in total. The maximum absolute atomic E-state index is 13.2. The molecule has 0 aromatic carbocycles. The smallest absolute Gasteiger partial charge is 0.254 e. The van der Waals surface area contributed by atoms with Gasteiger partial charge in [-0.15, -0.1) is 11.3 Å². The van der Waals surface area contributed by atoms with Gasteiger partial charge in [-0.1, -0.05) is 32.4 Å². The average Bonchev–Trinajstić information content (AvgIpc) is 3.49. The number of thiophene rings is 1. The number of rotatable bonds is 8. The topological polar surface area (TPSA) is 115 Å². The molecule has 4 aromatic heterocycles. The Morgan fingerprint density at radius 3 is 2.50 bits per heavy atom. The second-order valence-corrected chi connectivity index (χ2v) is 11.7. The Morgan fingerprint density at radius 1 is 1.13 bits per heavy atom. The number of hydrogen-bond donors (Lipinski definition) is 1. The highest BCUT2D eigenvalue weighted by atomic mass is 35.5. The minimum atomic E-state index is -0.690. The highest BCUT2D eigenvalue weighted by molar-refractivity contribution is 7.16. The zero-order valence-electron chi connectivity index (χ0n) is 21.7. The number of halogens is 1. The number of Topliss-reactive ketones (excluding diaryl/α,β-unsaturated/α-hetero) is 1. The number of nitrogens with one attached hydrogen (secondary N) is 1. The molecule has 4 aromatic rings. The van der Waals surface area contributed by atoms with Crippen molar-refractivity contribution in [2.24, 2.45) is 5.41 Å².